The number of ether oxygens (including phenoxy) is 1. The number of alkyl carbamates (subject to hydrolysis) is 1. The summed E-state index contributed by atoms with van der Waals surface area (Å²) in [5.41, 5.74) is -2.33. The van der Waals surface area contributed by atoms with Crippen molar-refractivity contribution in [2.24, 2.45) is 11.8 Å². The molecule has 1 aromatic carbocycles. The van der Waals surface area contributed by atoms with Gasteiger partial charge in [-0.15, -0.1) is 0 Å². The molecular weight excluding hydrogens is 506 g/mol. The van der Waals surface area contributed by atoms with Gasteiger partial charge in [0.1, 0.15) is 27.5 Å². The van der Waals surface area contributed by atoms with Gasteiger partial charge in [-0.1, -0.05) is 26.0 Å². The zero-order valence-electron chi connectivity index (χ0n) is 20.8. The van der Waals surface area contributed by atoms with Crippen LogP contribution in [0.15, 0.2) is 24.3 Å². The first-order chi connectivity index (χ1) is 17.3. The number of amides is 3. The molecule has 0 aromatic heterocycles. The lowest BCUT2D eigenvalue weighted by Gasteiger charge is -2.30. The molecule has 0 bridgehead atoms. The lowest BCUT2D eigenvalue weighted by Crippen LogP contribution is -2.55. The van der Waals surface area contributed by atoms with Crippen molar-refractivity contribution in [3.8, 4) is 5.75 Å². The average Bonchev–Trinajstić information content (AvgIpc) is 3.42. The van der Waals surface area contributed by atoms with E-state index in [1.54, 1.807) is 12.1 Å². The molecule has 4 atom stereocenters. The molecule has 13 heteroatoms. The molecule has 1 unspecified atom stereocenters. The highest BCUT2D eigenvalue weighted by Gasteiger charge is 2.47. The van der Waals surface area contributed by atoms with E-state index in [0.29, 0.717) is 32.2 Å². The Morgan fingerprint density at radius 1 is 1.22 bits per heavy atom. The Hall–Kier alpha value is -2.90. The topological polar surface area (TPSA) is 194 Å². The summed E-state index contributed by atoms with van der Waals surface area (Å²) >= 11 is 0. The molecule has 1 saturated carbocycles. The van der Waals surface area contributed by atoms with Crippen LogP contribution in [0, 0.1) is 11.8 Å². The summed E-state index contributed by atoms with van der Waals surface area (Å²) in [5, 5.41) is 27.1. The van der Waals surface area contributed by atoms with Gasteiger partial charge in [0.25, 0.3) is 0 Å². The first-order valence-electron chi connectivity index (χ1n) is 12.3. The average molecular weight is 541 g/mol. The number of hydrogen-bond acceptors (Lipinski definition) is 9. The van der Waals surface area contributed by atoms with Crippen molar-refractivity contribution in [3.05, 3.63) is 29.8 Å². The van der Waals surface area contributed by atoms with Gasteiger partial charge in [0.15, 0.2) is 5.44 Å². The first kappa shape index (κ1) is 28.7. The van der Waals surface area contributed by atoms with E-state index in [4.69, 9.17) is 4.74 Å². The maximum Gasteiger partial charge on any atom is 0.408 e. The summed E-state index contributed by atoms with van der Waals surface area (Å²) < 4.78 is 40.2. The molecule has 5 N–H and O–H groups in total. The van der Waals surface area contributed by atoms with Crippen LogP contribution in [-0.4, -0.2) is 70.8 Å². The van der Waals surface area contributed by atoms with E-state index in [9.17, 15) is 37.6 Å². The number of hydrogen-bond donors (Lipinski definition) is 5. The van der Waals surface area contributed by atoms with Crippen LogP contribution in [0.1, 0.15) is 51.5 Å². The van der Waals surface area contributed by atoms with Crippen molar-refractivity contribution < 1.29 is 42.3 Å². The quantitative estimate of drug-likeness (QED) is 0.234. The molecule has 0 spiro atoms. The third-order valence-electron chi connectivity index (χ3n) is 6.56. The smallest absolute Gasteiger partial charge is 0.408 e. The van der Waals surface area contributed by atoms with Crippen LogP contribution in [0.5, 0.6) is 5.75 Å². The molecule has 206 valence electrons. The molecule has 2 fully saturated rings. The zero-order chi connectivity index (χ0) is 27.4. The highest BCUT2D eigenvalue weighted by atomic mass is 32.2. The van der Waals surface area contributed by atoms with E-state index in [1.165, 1.54) is 12.1 Å². The summed E-state index contributed by atoms with van der Waals surface area (Å²) in [4.78, 5) is 37.8. The molecule has 0 radical (unpaired) electrons. The van der Waals surface area contributed by atoms with Crippen LogP contribution in [0.2, 0.25) is 0 Å². The van der Waals surface area contributed by atoms with Gasteiger partial charge in [-0.05, 0) is 55.7 Å². The van der Waals surface area contributed by atoms with Crippen LogP contribution < -0.4 is 16.0 Å². The first-order valence-corrected chi connectivity index (χ1v) is 13.7. The van der Waals surface area contributed by atoms with E-state index >= 15 is 0 Å². The number of carbonyl (C=O) groups is 3. The number of benzene rings is 1. The van der Waals surface area contributed by atoms with Crippen molar-refractivity contribution in [1.29, 1.82) is 0 Å². The normalized spacial score (nSPS) is 21.0. The van der Waals surface area contributed by atoms with Gasteiger partial charge in [0.05, 0.1) is 6.04 Å². The Balaban J connectivity index is 1.67. The SMILES string of the molecule is CC(C)C[C@H](NC(=O)OC1(Cc2ccc(O)cc2)CC1)C(=O)N[C@@H](C[C@@H]1CCNC1=O)C(O)S(=O)(=O)[O-]. The minimum absolute atomic E-state index is 0.0600. The van der Waals surface area contributed by atoms with Crippen molar-refractivity contribution in [3.63, 3.8) is 0 Å². The second-order valence-electron chi connectivity index (χ2n) is 10.3. The predicted octanol–water partition coefficient (Wildman–Crippen LogP) is 0.483. The van der Waals surface area contributed by atoms with E-state index in [2.05, 4.69) is 16.0 Å². The molecule has 37 heavy (non-hydrogen) atoms. The van der Waals surface area contributed by atoms with Gasteiger partial charge >= 0.3 is 6.09 Å². The van der Waals surface area contributed by atoms with Crippen LogP contribution in [-0.2, 0) is 30.9 Å². The van der Waals surface area contributed by atoms with E-state index in [1.807, 2.05) is 13.8 Å². The van der Waals surface area contributed by atoms with E-state index in [0.717, 1.165) is 5.56 Å². The molecule has 3 amide bonds. The largest absolute Gasteiger partial charge is 0.746 e. The summed E-state index contributed by atoms with van der Waals surface area (Å²) in [6, 6.07) is 3.85. The third-order valence-corrected chi connectivity index (χ3v) is 7.48. The third kappa shape index (κ3) is 8.30. The van der Waals surface area contributed by atoms with Crippen molar-refractivity contribution in [2.75, 3.05) is 6.54 Å². The number of phenolic OH excluding ortho intramolecular Hbond substituents is 1. The molecule has 1 aliphatic carbocycles. The summed E-state index contributed by atoms with van der Waals surface area (Å²) in [6.07, 6.45) is 1.13. The van der Waals surface area contributed by atoms with Gasteiger partial charge in [0, 0.05) is 18.9 Å². The number of aromatic hydroxyl groups is 1. The Morgan fingerprint density at radius 2 is 1.86 bits per heavy atom. The van der Waals surface area contributed by atoms with Gasteiger partial charge in [-0.3, -0.25) is 9.59 Å². The van der Waals surface area contributed by atoms with Gasteiger partial charge < -0.3 is 35.5 Å². The lowest BCUT2D eigenvalue weighted by molar-refractivity contribution is -0.126. The molecule has 1 aromatic rings. The number of aliphatic hydroxyl groups is 1. The zero-order valence-corrected chi connectivity index (χ0v) is 21.6. The predicted molar refractivity (Wildman–Crippen MR) is 130 cm³/mol. The Labute approximate surface area is 215 Å². The monoisotopic (exact) mass is 540 g/mol. The maximum atomic E-state index is 13.1. The minimum atomic E-state index is -5.20. The second-order valence-corrected chi connectivity index (χ2v) is 11.7. The summed E-state index contributed by atoms with van der Waals surface area (Å²) in [5.74, 6) is -1.79. The Kier molecular flexibility index (Phi) is 9.03. The highest BCUT2D eigenvalue weighted by Crippen LogP contribution is 2.42. The van der Waals surface area contributed by atoms with Crippen LogP contribution in [0.4, 0.5) is 4.79 Å². The summed E-state index contributed by atoms with van der Waals surface area (Å²) in [6.45, 7) is 4.00. The van der Waals surface area contributed by atoms with Gasteiger partial charge in [0.2, 0.25) is 11.8 Å². The van der Waals surface area contributed by atoms with Crippen molar-refractivity contribution >= 4 is 28.0 Å². The molecule has 1 heterocycles. The van der Waals surface area contributed by atoms with Crippen LogP contribution >= 0.6 is 0 Å². The fraction of sp³-hybridized carbons (Fsp3) is 0.625. The van der Waals surface area contributed by atoms with Gasteiger partial charge in [-0.25, -0.2) is 13.2 Å². The number of nitrogens with one attached hydrogen (secondary N) is 3. The highest BCUT2D eigenvalue weighted by molar-refractivity contribution is 7.86. The number of phenols is 1. The van der Waals surface area contributed by atoms with Crippen molar-refractivity contribution in [1.82, 2.24) is 16.0 Å². The number of aliphatic hydroxyl groups excluding tert-OH is 1. The maximum absolute atomic E-state index is 13.1. The second kappa shape index (κ2) is 11.7. The fourth-order valence-electron chi connectivity index (χ4n) is 4.42. The van der Waals surface area contributed by atoms with Crippen LogP contribution in [0.3, 0.4) is 0 Å². The standard InChI is InChI=1S/C24H35N3O9S/c1-14(2)11-18(27-23(32)36-24(8-9-24)13-15-3-5-17(28)6-4-15)21(30)26-19(22(31)37(33,34)35)12-16-7-10-25-20(16)29/h3-6,14,16,18-19,22,28,31H,7-13H2,1-2H3,(H,25,29)(H,26,30)(H,27,32)(H,33,34,35)/p-1/t16-,18-,19-,22?/m0/s1. The Morgan fingerprint density at radius 3 is 2.38 bits per heavy atom. The lowest BCUT2D eigenvalue weighted by atomic mass is 9.97. The molecule has 12 nitrogen and oxygen atoms in total. The number of rotatable bonds is 12. The molecular formula is C24H34N3O9S-. The van der Waals surface area contributed by atoms with Gasteiger partial charge in [-0.2, -0.15) is 0 Å². The van der Waals surface area contributed by atoms with E-state index < -0.39 is 51.2 Å². The molecule has 3 rings (SSSR count). The fourth-order valence-corrected chi connectivity index (χ4v) is 5.00. The molecule has 1 saturated heterocycles. The van der Waals surface area contributed by atoms with Crippen LogP contribution in [0.25, 0.3) is 0 Å². The number of carbonyl (C=O) groups excluding carboxylic acids is 3. The molecule has 2 aliphatic rings. The molecule has 1 aliphatic heterocycles. The minimum Gasteiger partial charge on any atom is -0.746 e. The summed E-state index contributed by atoms with van der Waals surface area (Å²) in [7, 11) is -5.20. The Bertz CT molecular complexity index is 1090. The van der Waals surface area contributed by atoms with Crippen molar-refractivity contribution in [2.45, 2.75) is 75.5 Å². The van der Waals surface area contributed by atoms with E-state index in [-0.39, 0.29) is 30.4 Å².